The van der Waals surface area contributed by atoms with Crippen molar-refractivity contribution in [2.24, 2.45) is 11.8 Å². The number of nitrogens with one attached hydrogen (secondary N) is 1. The van der Waals surface area contributed by atoms with Gasteiger partial charge in [-0.2, -0.15) is 0 Å². The first-order valence-electron chi connectivity index (χ1n) is 6.12. The summed E-state index contributed by atoms with van der Waals surface area (Å²) in [5.74, 6) is 6.39. The van der Waals surface area contributed by atoms with E-state index >= 15 is 0 Å². The number of benzene rings is 1. The first kappa shape index (κ1) is 13.2. The van der Waals surface area contributed by atoms with Crippen LogP contribution in [0.25, 0.3) is 0 Å². The van der Waals surface area contributed by atoms with Crippen LogP contribution in [0.1, 0.15) is 49.4 Å². The maximum atomic E-state index is 5.70. The van der Waals surface area contributed by atoms with Gasteiger partial charge in [-0.15, -0.1) is 0 Å². The zero-order chi connectivity index (χ0) is 12.1. The minimum Gasteiger partial charge on any atom is -0.271 e. The average molecular weight is 220 g/mol. The van der Waals surface area contributed by atoms with Gasteiger partial charge in [0, 0.05) is 6.04 Å². The minimum absolute atomic E-state index is 0.274. The fourth-order valence-electron chi connectivity index (χ4n) is 2.22. The van der Waals surface area contributed by atoms with Crippen molar-refractivity contribution in [1.29, 1.82) is 0 Å². The van der Waals surface area contributed by atoms with Gasteiger partial charge in [-0.1, -0.05) is 38.5 Å². The number of hydrogen-bond acceptors (Lipinski definition) is 2. The molecule has 0 spiro atoms. The molecule has 0 saturated heterocycles. The highest BCUT2D eigenvalue weighted by atomic mass is 15.2. The monoisotopic (exact) mass is 220 g/mol. The molecule has 2 atom stereocenters. The van der Waals surface area contributed by atoms with Gasteiger partial charge in [0.25, 0.3) is 0 Å². The summed E-state index contributed by atoms with van der Waals surface area (Å²) in [6.45, 7) is 8.81. The number of hydrazine groups is 1. The highest BCUT2D eigenvalue weighted by Crippen LogP contribution is 2.27. The van der Waals surface area contributed by atoms with Crippen LogP contribution in [0.5, 0.6) is 0 Å². The summed E-state index contributed by atoms with van der Waals surface area (Å²) >= 11 is 0. The Morgan fingerprint density at radius 1 is 1.25 bits per heavy atom. The van der Waals surface area contributed by atoms with Gasteiger partial charge in [-0.25, -0.2) is 0 Å². The van der Waals surface area contributed by atoms with Crippen LogP contribution in [-0.4, -0.2) is 0 Å². The zero-order valence-corrected chi connectivity index (χ0v) is 10.9. The molecule has 16 heavy (non-hydrogen) atoms. The molecule has 2 heteroatoms. The Kier molecular flexibility index (Phi) is 4.97. The summed E-state index contributed by atoms with van der Waals surface area (Å²) in [4.78, 5) is 0. The molecule has 90 valence electrons. The molecular formula is C14H24N2. The molecular weight excluding hydrogens is 196 g/mol. The maximum absolute atomic E-state index is 5.70. The Hall–Kier alpha value is -0.860. The first-order chi connectivity index (χ1) is 7.60. The van der Waals surface area contributed by atoms with Crippen LogP contribution in [0, 0.1) is 19.8 Å². The van der Waals surface area contributed by atoms with E-state index in [0.717, 1.165) is 6.42 Å². The van der Waals surface area contributed by atoms with Crippen molar-refractivity contribution in [3.05, 3.63) is 34.9 Å². The average Bonchev–Trinajstić information content (AvgIpc) is 2.27. The van der Waals surface area contributed by atoms with Crippen LogP contribution < -0.4 is 11.3 Å². The van der Waals surface area contributed by atoms with Gasteiger partial charge in [-0.05, 0) is 42.9 Å². The number of rotatable bonds is 5. The Morgan fingerprint density at radius 2 is 1.81 bits per heavy atom. The lowest BCUT2D eigenvalue weighted by atomic mass is 9.89. The van der Waals surface area contributed by atoms with Crippen LogP contribution >= 0.6 is 0 Å². The van der Waals surface area contributed by atoms with E-state index in [1.165, 1.54) is 23.1 Å². The van der Waals surface area contributed by atoms with E-state index in [1.807, 2.05) is 0 Å². The molecule has 0 amide bonds. The quantitative estimate of drug-likeness (QED) is 0.590. The summed E-state index contributed by atoms with van der Waals surface area (Å²) < 4.78 is 0. The largest absolute Gasteiger partial charge is 0.271 e. The van der Waals surface area contributed by atoms with Crippen molar-refractivity contribution < 1.29 is 0 Å². The molecule has 1 rings (SSSR count). The molecule has 0 aliphatic heterocycles. The summed E-state index contributed by atoms with van der Waals surface area (Å²) in [7, 11) is 0. The second-order valence-corrected chi connectivity index (χ2v) is 4.77. The fraction of sp³-hybridized carbons (Fsp3) is 0.571. The molecule has 0 aliphatic carbocycles. The molecule has 3 N–H and O–H groups in total. The normalized spacial score (nSPS) is 14.8. The predicted octanol–water partition coefficient (Wildman–Crippen LogP) is 3.24. The smallest absolute Gasteiger partial charge is 0.0467 e. The van der Waals surface area contributed by atoms with Crippen LogP contribution in [0.3, 0.4) is 0 Å². The topological polar surface area (TPSA) is 38.0 Å². The van der Waals surface area contributed by atoms with Gasteiger partial charge in [0.05, 0.1) is 0 Å². The van der Waals surface area contributed by atoms with Crippen molar-refractivity contribution in [3.63, 3.8) is 0 Å². The molecule has 0 bridgehead atoms. The highest BCUT2D eigenvalue weighted by molar-refractivity contribution is 5.36. The van der Waals surface area contributed by atoms with E-state index in [4.69, 9.17) is 5.84 Å². The summed E-state index contributed by atoms with van der Waals surface area (Å²) in [6, 6.07) is 6.69. The number of aryl methyl sites for hydroxylation is 2. The van der Waals surface area contributed by atoms with Gasteiger partial charge in [-0.3, -0.25) is 11.3 Å². The lowest BCUT2D eigenvalue weighted by Crippen LogP contribution is -2.30. The molecule has 1 aromatic rings. The Labute approximate surface area is 99.2 Å². The second-order valence-electron chi connectivity index (χ2n) is 4.77. The van der Waals surface area contributed by atoms with E-state index in [0.29, 0.717) is 5.92 Å². The third-order valence-electron chi connectivity index (χ3n) is 3.43. The standard InChI is InChI=1S/C14H24N2/c1-5-10(2)9-13(16-15)14-11(3)7-6-8-12(14)4/h6-8,10,13,16H,5,9,15H2,1-4H3. The molecule has 2 unspecified atom stereocenters. The Bertz CT molecular complexity index is 313. The zero-order valence-electron chi connectivity index (χ0n) is 10.9. The van der Waals surface area contributed by atoms with Crippen molar-refractivity contribution in [1.82, 2.24) is 5.43 Å². The van der Waals surface area contributed by atoms with Gasteiger partial charge < -0.3 is 0 Å². The van der Waals surface area contributed by atoms with Gasteiger partial charge >= 0.3 is 0 Å². The van der Waals surface area contributed by atoms with Gasteiger partial charge in [0.15, 0.2) is 0 Å². The lowest BCUT2D eigenvalue weighted by Gasteiger charge is -2.23. The molecule has 2 nitrogen and oxygen atoms in total. The molecule has 0 saturated carbocycles. The molecule has 1 aromatic carbocycles. The minimum atomic E-state index is 0.274. The first-order valence-corrected chi connectivity index (χ1v) is 6.12. The van der Waals surface area contributed by atoms with Crippen molar-refractivity contribution in [3.8, 4) is 0 Å². The molecule has 0 aromatic heterocycles. The van der Waals surface area contributed by atoms with Gasteiger partial charge in [0.1, 0.15) is 0 Å². The Morgan fingerprint density at radius 3 is 2.25 bits per heavy atom. The van der Waals surface area contributed by atoms with Crippen molar-refractivity contribution >= 4 is 0 Å². The van der Waals surface area contributed by atoms with E-state index in [9.17, 15) is 0 Å². The van der Waals surface area contributed by atoms with Crippen LogP contribution in [-0.2, 0) is 0 Å². The SMILES string of the molecule is CCC(C)CC(NN)c1c(C)cccc1C. The number of hydrogen-bond donors (Lipinski definition) is 2. The molecule has 0 heterocycles. The molecule has 0 fully saturated rings. The van der Waals surface area contributed by atoms with Crippen molar-refractivity contribution in [2.45, 2.75) is 46.6 Å². The van der Waals surface area contributed by atoms with Crippen LogP contribution in [0.15, 0.2) is 18.2 Å². The summed E-state index contributed by atoms with van der Waals surface area (Å²) in [6.07, 6.45) is 2.29. The third-order valence-corrected chi connectivity index (χ3v) is 3.43. The number of nitrogens with two attached hydrogens (primary N) is 1. The fourth-order valence-corrected chi connectivity index (χ4v) is 2.22. The lowest BCUT2D eigenvalue weighted by molar-refractivity contribution is 0.405. The summed E-state index contributed by atoms with van der Waals surface area (Å²) in [5, 5.41) is 0. The summed E-state index contributed by atoms with van der Waals surface area (Å²) in [5.41, 5.74) is 6.98. The predicted molar refractivity (Wildman–Crippen MR) is 70.1 cm³/mol. The Balaban J connectivity index is 2.94. The van der Waals surface area contributed by atoms with E-state index < -0.39 is 0 Å². The van der Waals surface area contributed by atoms with Crippen molar-refractivity contribution in [2.75, 3.05) is 0 Å². The van der Waals surface area contributed by atoms with Crippen LogP contribution in [0.4, 0.5) is 0 Å². The molecule has 0 radical (unpaired) electrons. The molecule has 0 aliphatic rings. The van der Waals surface area contributed by atoms with Gasteiger partial charge in [0.2, 0.25) is 0 Å². The third kappa shape index (κ3) is 3.06. The highest BCUT2D eigenvalue weighted by Gasteiger charge is 2.16. The van der Waals surface area contributed by atoms with Crippen LogP contribution in [0.2, 0.25) is 0 Å². The second kappa shape index (κ2) is 6.02. The maximum Gasteiger partial charge on any atom is 0.0467 e. The van der Waals surface area contributed by atoms with E-state index in [2.05, 4.69) is 51.3 Å². The van der Waals surface area contributed by atoms with E-state index in [-0.39, 0.29) is 6.04 Å². The van der Waals surface area contributed by atoms with E-state index in [1.54, 1.807) is 0 Å².